The lowest BCUT2D eigenvalue weighted by Crippen LogP contribution is -2.03. The highest BCUT2D eigenvalue weighted by atomic mass is 79.9. The molecule has 0 aliphatic rings. The van der Waals surface area contributed by atoms with Gasteiger partial charge in [0.25, 0.3) is 0 Å². The van der Waals surface area contributed by atoms with E-state index in [9.17, 15) is 0 Å². The molecule has 0 spiro atoms. The molecular weight excluding hydrogens is 254 g/mol. The zero-order valence-electron chi connectivity index (χ0n) is 8.23. The van der Waals surface area contributed by atoms with Gasteiger partial charge < -0.3 is 5.73 Å². The second-order valence-corrected chi connectivity index (χ2v) is 4.23. The van der Waals surface area contributed by atoms with Crippen LogP contribution in [0, 0.1) is 0 Å². The minimum atomic E-state index is 0.673. The summed E-state index contributed by atoms with van der Waals surface area (Å²) in [6.45, 7) is 0.673. The van der Waals surface area contributed by atoms with Crippen molar-refractivity contribution in [3.8, 4) is 5.69 Å². The molecule has 0 aliphatic heterocycles. The van der Waals surface area contributed by atoms with Crippen molar-refractivity contribution in [3.63, 3.8) is 0 Å². The van der Waals surface area contributed by atoms with Crippen molar-refractivity contribution in [1.82, 2.24) is 9.78 Å². The van der Waals surface area contributed by atoms with Crippen LogP contribution in [0.15, 0.2) is 41.1 Å². The Hall–Kier alpha value is -1.13. The van der Waals surface area contributed by atoms with Crippen molar-refractivity contribution >= 4 is 15.9 Å². The summed E-state index contributed by atoms with van der Waals surface area (Å²) in [7, 11) is 0. The van der Waals surface area contributed by atoms with Crippen LogP contribution >= 0.6 is 15.9 Å². The molecule has 0 bridgehead atoms. The predicted octanol–water partition coefficient (Wildman–Crippen LogP) is 2.14. The van der Waals surface area contributed by atoms with Crippen LogP contribution in [0.5, 0.6) is 0 Å². The average Bonchev–Trinajstić information content (AvgIpc) is 2.66. The normalized spacial score (nSPS) is 10.5. The number of nitrogens with two attached hydrogens (primary N) is 1. The molecule has 2 rings (SSSR count). The third kappa shape index (κ3) is 2.46. The minimum Gasteiger partial charge on any atom is -0.330 e. The summed E-state index contributed by atoms with van der Waals surface area (Å²) >= 11 is 3.38. The lowest BCUT2D eigenvalue weighted by atomic mass is 10.1. The van der Waals surface area contributed by atoms with Gasteiger partial charge in [0.1, 0.15) is 0 Å². The standard InChI is InChI=1S/C11H12BrN3/c12-10-7-14-15(8-10)11-3-1-2-9(6-11)4-5-13/h1-3,6-8H,4-5,13H2. The molecule has 0 unspecified atom stereocenters. The topological polar surface area (TPSA) is 43.8 Å². The first-order chi connectivity index (χ1) is 7.29. The third-order valence-electron chi connectivity index (χ3n) is 2.16. The van der Waals surface area contributed by atoms with Crippen LogP contribution in [0.4, 0.5) is 0 Å². The largest absolute Gasteiger partial charge is 0.330 e. The second-order valence-electron chi connectivity index (χ2n) is 3.31. The maximum atomic E-state index is 5.52. The molecule has 1 heterocycles. The van der Waals surface area contributed by atoms with Crippen molar-refractivity contribution < 1.29 is 0 Å². The molecule has 2 N–H and O–H groups in total. The minimum absolute atomic E-state index is 0.673. The Balaban J connectivity index is 2.32. The summed E-state index contributed by atoms with van der Waals surface area (Å²) in [6.07, 6.45) is 4.60. The van der Waals surface area contributed by atoms with E-state index in [0.29, 0.717) is 6.54 Å². The average molecular weight is 266 g/mol. The first-order valence-corrected chi connectivity index (χ1v) is 5.58. The number of hydrogen-bond acceptors (Lipinski definition) is 2. The molecule has 0 saturated carbocycles. The van der Waals surface area contributed by atoms with E-state index in [4.69, 9.17) is 5.73 Å². The van der Waals surface area contributed by atoms with Crippen LogP contribution < -0.4 is 5.73 Å². The van der Waals surface area contributed by atoms with Crippen molar-refractivity contribution in [2.24, 2.45) is 5.73 Å². The summed E-state index contributed by atoms with van der Waals surface area (Å²) in [6, 6.07) is 8.23. The van der Waals surface area contributed by atoms with Gasteiger partial charge in [0.2, 0.25) is 0 Å². The summed E-state index contributed by atoms with van der Waals surface area (Å²) in [5.74, 6) is 0. The number of halogens is 1. The fraction of sp³-hybridized carbons (Fsp3) is 0.182. The van der Waals surface area contributed by atoms with Gasteiger partial charge in [-0.3, -0.25) is 0 Å². The highest BCUT2D eigenvalue weighted by molar-refractivity contribution is 9.10. The Morgan fingerprint density at radius 3 is 2.93 bits per heavy atom. The van der Waals surface area contributed by atoms with E-state index in [1.165, 1.54) is 5.56 Å². The number of rotatable bonds is 3. The Morgan fingerprint density at radius 2 is 2.27 bits per heavy atom. The van der Waals surface area contributed by atoms with E-state index < -0.39 is 0 Å². The molecule has 0 fully saturated rings. The SMILES string of the molecule is NCCc1cccc(-n2cc(Br)cn2)c1. The Morgan fingerprint density at radius 1 is 1.40 bits per heavy atom. The number of benzene rings is 1. The highest BCUT2D eigenvalue weighted by Crippen LogP contribution is 2.13. The van der Waals surface area contributed by atoms with Crippen LogP contribution in [-0.2, 0) is 6.42 Å². The highest BCUT2D eigenvalue weighted by Gasteiger charge is 1.99. The quantitative estimate of drug-likeness (QED) is 0.924. The zero-order valence-corrected chi connectivity index (χ0v) is 9.81. The smallest absolute Gasteiger partial charge is 0.0648 e. The number of hydrogen-bond donors (Lipinski definition) is 1. The van der Waals surface area contributed by atoms with E-state index in [0.717, 1.165) is 16.6 Å². The predicted molar refractivity (Wildman–Crippen MR) is 64.0 cm³/mol. The fourth-order valence-corrected chi connectivity index (χ4v) is 1.75. The molecule has 0 saturated heterocycles. The first kappa shape index (κ1) is 10.4. The molecule has 78 valence electrons. The van der Waals surface area contributed by atoms with E-state index in [1.54, 1.807) is 6.20 Å². The van der Waals surface area contributed by atoms with Gasteiger partial charge in [0.05, 0.1) is 16.4 Å². The van der Waals surface area contributed by atoms with Crippen LogP contribution in [-0.4, -0.2) is 16.3 Å². The molecule has 3 nitrogen and oxygen atoms in total. The van der Waals surface area contributed by atoms with Crippen molar-refractivity contribution in [2.45, 2.75) is 6.42 Å². The van der Waals surface area contributed by atoms with Crippen molar-refractivity contribution in [3.05, 3.63) is 46.7 Å². The third-order valence-corrected chi connectivity index (χ3v) is 2.57. The van der Waals surface area contributed by atoms with E-state index >= 15 is 0 Å². The molecule has 0 radical (unpaired) electrons. The molecular formula is C11H12BrN3. The lowest BCUT2D eigenvalue weighted by Gasteiger charge is -2.03. The summed E-state index contributed by atoms with van der Waals surface area (Å²) < 4.78 is 2.82. The maximum Gasteiger partial charge on any atom is 0.0648 e. The van der Waals surface area contributed by atoms with Gasteiger partial charge in [0.15, 0.2) is 0 Å². The molecule has 0 amide bonds. The Bertz CT molecular complexity index is 451. The molecule has 4 heteroatoms. The fourth-order valence-electron chi connectivity index (χ4n) is 1.46. The van der Waals surface area contributed by atoms with Gasteiger partial charge >= 0.3 is 0 Å². The van der Waals surface area contributed by atoms with E-state index in [2.05, 4.69) is 33.2 Å². The molecule has 1 aromatic carbocycles. The van der Waals surface area contributed by atoms with Gasteiger partial charge in [-0.15, -0.1) is 0 Å². The van der Waals surface area contributed by atoms with Gasteiger partial charge in [-0.2, -0.15) is 5.10 Å². The molecule has 0 atom stereocenters. The zero-order chi connectivity index (χ0) is 10.7. The van der Waals surface area contributed by atoms with Gasteiger partial charge in [-0.25, -0.2) is 4.68 Å². The molecule has 0 aliphatic carbocycles. The van der Waals surface area contributed by atoms with Gasteiger partial charge in [0, 0.05) is 6.20 Å². The molecule has 1 aromatic heterocycles. The Labute approximate surface area is 97.0 Å². The van der Waals surface area contributed by atoms with Gasteiger partial charge in [-0.05, 0) is 46.6 Å². The molecule has 15 heavy (non-hydrogen) atoms. The lowest BCUT2D eigenvalue weighted by molar-refractivity contribution is 0.873. The summed E-state index contributed by atoms with van der Waals surface area (Å²) in [5, 5.41) is 4.23. The van der Waals surface area contributed by atoms with E-state index in [-0.39, 0.29) is 0 Å². The maximum absolute atomic E-state index is 5.52. The number of nitrogens with zero attached hydrogens (tertiary/aromatic N) is 2. The first-order valence-electron chi connectivity index (χ1n) is 4.79. The van der Waals surface area contributed by atoms with Crippen molar-refractivity contribution in [1.29, 1.82) is 0 Å². The number of aromatic nitrogens is 2. The van der Waals surface area contributed by atoms with Crippen LogP contribution in [0.25, 0.3) is 5.69 Å². The Kier molecular flexibility index (Phi) is 3.18. The van der Waals surface area contributed by atoms with Crippen LogP contribution in [0.3, 0.4) is 0 Å². The summed E-state index contributed by atoms with van der Waals surface area (Å²) in [4.78, 5) is 0. The van der Waals surface area contributed by atoms with Crippen molar-refractivity contribution in [2.75, 3.05) is 6.54 Å². The summed E-state index contributed by atoms with van der Waals surface area (Å²) in [5.41, 5.74) is 7.82. The monoisotopic (exact) mass is 265 g/mol. The van der Waals surface area contributed by atoms with Gasteiger partial charge in [-0.1, -0.05) is 12.1 Å². The second kappa shape index (κ2) is 4.59. The van der Waals surface area contributed by atoms with Crippen LogP contribution in [0.1, 0.15) is 5.56 Å². The van der Waals surface area contributed by atoms with E-state index in [1.807, 2.05) is 23.0 Å². The molecule has 2 aromatic rings. The van der Waals surface area contributed by atoms with Crippen LogP contribution in [0.2, 0.25) is 0 Å².